The Labute approximate surface area is 150 Å². The summed E-state index contributed by atoms with van der Waals surface area (Å²) < 4.78 is 3.33. The minimum absolute atomic E-state index is 0.717. The van der Waals surface area contributed by atoms with Crippen molar-refractivity contribution < 1.29 is 0 Å². The summed E-state index contributed by atoms with van der Waals surface area (Å²) in [5, 5.41) is 0. The van der Waals surface area contributed by atoms with E-state index in [1.807, 2.05) is 67.7 Å². The predicted octanol–water partition coefficient (Wildman–Crippen LogP) is 4.92. The highest BCUT2D eigenvalue weighted by Crippen LogP contribution is 2.17. The fraction of sp³-hybridized carbons (Fsp3) is 0.0476. The summed E-state index contributed by atoms with van der Waals surface area (Å²) in [5.41, 5.74) is 3.08. The molecule has 1 aromatic heterocycles. The van der Waals surface area contributed by atoms with Crippen LogP contribution in [-0.2, 0) is 7.05 Å². The Morgan fingerprint density at radius 1 is 0.800 bits per heavy atom. The molecule has 0 saturated carbocycles. The molecule has 122 valence electrons. The topological polar surface area (TPSA) is 29.6 Å². The van der Waals surface area contributed by atoms with Crippen LogP contribution in [0.5, 0.6) is 0 Å². The van der Waals surface area contributed by atoms with Crippen LogP contribution in [0.1, 0.15) is 5.56 Å². The third-order valence-electron chi connectivity index (χ3n) is 3.94. The van der Waals surface area contributed by atoms with Crippen molar-refractivity contribution in [1.29, 1.82) is 0 Å². The Hall–Kier alpha value is -2.98. The van der Waals surface area contributed by atoms with Crippen molar-refractivity contribution in [3.05, 3.63) is 95.3 Å². The first-order valence-electron chi connectivity index (χ1n) is 8.10. The van der Waals surface area contributed by atoms with Gasteiger partial charge in [-0.15, -0.1) is 0 Å². The zero-order valence-corrected chi connectivity index (χ0v) is 14.6. The highest BCUT2D eigenvalue weighted by molar-refractivity contribution is 7.16. The normalized spacial score (nSPS) is 12.7. The Bertz CT molecular complexity index is 1090. The van der Waals surface area contributed by atoms with Crippen LogP contribution in [-0.4, -0.2) is 10.4 Å². The van der Waals surface area contributed by atoms with E-state index in [0.717, 1.165) is 16.1 Å². The van der Waals surface area contributed by atoms with Crippen molar-refractivity contribution >= 4 is 33.1 Å². The number of benzene rings is 3. The summed E-state index contributed by atoms with van der Waals surface area (Å²) in [4.78, 5) is 10.6. The number of aromatic nitrogens is 1. The Morgan fingerprint density at radius 2 is 1.44 bits per heavy atom. The number of aliphatic imine (C=N–C) groups is 1. The lowest BCUT2D eigenvalue weighted by Gasteiger charge is -2.02. The standard InChI is InChI=1S/C21H17N3S/c1-24-18-14-8-9-15-19(18)25-21(24)23-20(16-10-4-2-5-11-16)22-17-12-6-3-7-13-17/h2-15H,1H3. The molecular weight excluding hydrogens is 326 g/mol. The maximum atomic E-state index is 4.89. The summed E-state index contributed by atoms with van der Waals surface area (Å²) in [6, 6.07) is 28.4. The molecule has 4 rings (SSSR count). The van der Waals surface area contributed by atoms with Crippen molar-refractivity contribution in [2.75, 3.05) is 0 Å². The van der Waals surface area contributed by atoms with Gasteiger partial charge >= 0.3 is 0 Å². The number of amidine groups is 1. The second-order valence-corrected chi connectivity index (χ2v) is 6.67. The molecule has 0 atom stereocenters. The number of aryl methyl sites for hydroxylation is 1. The van der Waals surface area contributed by atoms with Crippen molar-refractivity contribution in [3.8, 4) is 0 Å². The van der Waals surface area contributed by atoms with E-state index in [4.69, 9.17) is 9.98 Å². The molecule has 0 amide bonds. The van der Waals surface area contributed by atoms with Gasteiger partial charge in [0.05, 0.1) is 15.9 Å². The van der Waals surface area contributed by atoms with Crippen LogP contribution in [0.25, 0.3) is 10.2 Å². The lowest BCUT2D eigenvalue weighted by atomic mass is 10.2. The number of fused-ring (bicyclic) bond motifs is 1. The van der Waals surface area contributed by atoms with Gasteiger partial charge in [0, 0.05) is 12.6 Å². The predicted molar refractivity (Wildman–Crippen MR) is 105 cm³/mol. The van der Waals surface area contributed by atoms with Gasteiger partial charge in [-0.25, -0.2) is 9.98 Å². The van der Waals surface area contributed by atoms with Crippen LogP contribution in [0.15, 0.2) is 94.9 Å². The fourth-order valence-corrected chi connectivity index (χ4v) is 3.67. The fourth-order valence-electron chi connectivity index (χ4n) is 2.64. The zero-order chi connectivity index (χ0) is 17.1. The molecule has 0 bridgehead atoms. The molecule has 0 saturated heterocycles. The monoisotopic (exact) mass is 343 g/mol. The molecular formula is C21H17N3S. The van der Waals surface area contributed by atoms with Crippen molar-refractivity contribution in [3.63, 3.8) is 0 Å². The molecule has 0 unspecified atom stereocenters. The van der Waals surface area contributed by atoms with E-state index < -0.39 is 0 Å². The molecule has 0 radical (unpaired) electrons. The number of thiazole rings is 1. The van der Waals surface area contributed by atoms with Gasteiger partial charge in [-0.05, 0) is 24.3 Å². The molecule has 0 N–H and O–H groups in total. The molecule has 0 aliphatic carbocycles. The Balaban J connectivity index is 1.92. The van der Waals surface area contributed by atoms with Gasteiger partial charge in [-0.3, -0.25) is 0 Å². The lowest BCUT2D eigenvalue weighted by molar-refractivity contribution is 0.916. The zero-order valence-electron chi connectivity index (χ0n) is 13.8. The van der Waals surface area contributed by atoms with Crippen molar-refractivity contribution in [1.82, 2.24) is 4.57 Å². The largest absolute Gasteiger partial charge is 0.319 e. The molecule has 4 aromatic rings. The van der Waals surface area contributed by atoms with E-state index in [0.29, 0.717) is 5.84 Å². The first kappa shape index (κ1) is 15.5. The number of nitrogens with zero attached hydrogens (tertiary/aromatic N) is 3. The van der Waals surface area contributed by atoms with E-state index in [2.05, 4.69) is 28.8 Å². The molecule has 0 fully saturated rings. The van der Waals surface area contributed by atoms with Crippen LogP contribution in [0.3, 0.4) is 0 Å². The van der Waals surface area contributed by atoms with Gasteiger partial charge in [0.2, 0.25) is 0 Å². The second-order valence-electron chi connectivity index (χ2n) is 5.66. The quantitative estimate of drug-likeness (QED) is 0.365. The summed E-state index contributed by atoms with van der Waals surface area (Å²) in [6.07, 6.45) is 0. The number of hydrogen-bond acceptors (Lipinski definition) is 2. The van der Waals surface area contributed by atoms with E-state index in [1.165, 1.54) is 10.2 Å². The summed E-state index contributed by atoms with van der Waals surface area (Å²) >= 11 is 1.67. The molecule has 0 aliphatic rings. The van der Waals surface area contributed by atoms with Crippen molar-refractivity contribution in [2.24, 2.45) is 17.0 Å². The first-order chi connectivity index (χ1) is 12.3. The highest BCUT2D eigenvalue weighted by Gasteiger charge is 2.06. The molecule has 4 heteroatoms. The number of para-hydroxylation sites is 2. The smallest absolute Gasteiger partial charge is 0.192 e. The van der Waals surface area contributed by atoms with E-state index in [9.17, 15) is 0 Å². The molecule has 0 aliphatic heterocycles. The van der Waals surface area contributed by atoms with E-state index in [1.54, 1.807) is 11.3 Å². The van der Waals surface area contributed by atoms with E-state index >= 15 is 0 Å². The summed E-state index contributed by atoms with van der Waals surface area (Å²) in [7, 11) is 2.04. The molecule has 3 nitrogen and oxygen atoms in total. The molecule has 25 heavy (non-hydrogen) atoms. The van der Waals surface area contributed by atoms with Gasteiger partial charge < -0.3 is 4.57 Å². The highest BCUT2D eigenvalue weighted by atomic mass is 32.1. The first-order valence-corrected chi connectivity index (χ1v) is 8.91. The Morgan fingerprint density at radius 3 is 2.16 bits per heavy atom. The lowest BCUT2D eigenvalue weighted by Crippen LogP contribution is -2.13. The third kappa shape index (κ3) is 3.30. The van der Waals surface area contributed by atoms with Crippen LogP contribution in [0.2, 0.25) is 0 Å². The SMILES string of the molecule is Cn1c(=NC(=Nc2ccccc2)c2ccccc2)sc2ccccc21. The van der Waals surface area contributed by atoms with Crippen LogP contribution in [0, 0.1) is 0 Å². The van der Waals surface area contributed by atoms with Gasteiger partial charge in [-0.1, -0.05) is 72.0 Å². The summed E-state index contributed by atoms with van der Waals surface area (Å²) in [6.45, 7) is 0. The van der Waals surface area contributed by atoms with Crippen molar-refractivity contribution in [2.45, 2.75) is 0 Å². The maximum absolute atomic E-state index is 4.89. The van der Waals surface area contributed by atoms with Crippen LogP contribution in [0.4, 0.5) is 5.69 Å². The average Bonchev–Trinajstić information content (AvgIpc) is 2.99. The summed E-state index contributed by atoms with van der Waals surface area (Å²) in [5.74, 6) is 0.717. The number of hydrogen-bond donors (Lipinski definition) is 0. The second kappa shape index (κ2) is 6.87. The third-order valence-corrected chi connectivity index (χ3v) is 5.05. The van der Waals surface area contributed by atoms with Crippen LogP contribution >= 0.6 is 11.3 Å². The molecule has 3 aromatic carbocycles. The molecule has 0 spiro atoms. The minimum Gasteiger partial charge on any atom is -0.319 e. The van der Waals surface area contributed by atoms with Crippen LogP contribution < -0.4 is 4.80 Å². The number of rotatable bonds is 2. The van der Waals surface area contributed by atoms with Gasteiger partial charge in [0.15, 0.2) is 10.6 Å². The average molecular weight is 343 g/mol. The van der Waals surface area contributed by atoms with Gasteiger partial charge in [0.1, 0.15) is 0 Å². The minimum atomic E-state index is 0.717. The maximum Gasteiger partial charge on any atom is 0.192 e. The van der Waals surface area contributed by atoms with Gasteiger partial charge in [0.25, 0.3) is 0 Å². The molecule has 1 heterocycles. The van der Waals surface area contributed by atoms with Gasteiger partial charge in [-0.2, -0.15) is 0 Å². The Kier molecular flexibility index (Phi) is 4.27. The van der Waals surface area contributed by atoms with E-state index in [-0.39, 0.29) is 0 Å².